The number of nitrogens with zero attached hydrogens (tertiary/aromatic N) is 2. The lowest BCUT2D eigenvalue weighted by Crippen LogP contribution is -2.20. The monoisotopic (exact) mass is 477 g/mol. The summed E-state index contributed by atoms with van der Waals surface area (Å²) in [5, 5.41) is 7.04. The molecule has 0 unspecified atom stereocenters. The fraction of sp³-hybridized carbons (Fsp3) is 0.0952. The predicted octanol–water partition coefficient (Wildman–Crippen LogP) is 6.64. The van der Waals surface area contributed by atoms with Gasteiger partial charge in [-0.1, -0.05) is 53.0 Å². The number of aryl methyl sites for hydroxylation is 1. The van der Waals surface area contributed by atoms with E-state index in [1.165, 1.54) is 11.3 Å². The SMILES string of the molecule is Cc1ccc2c(Cl)cc(Cl)c(OCC(=O)Nc3nc(-c4ccccc4Cl)cs3)c2n1. The minimum absolute atomic E-state index is 0.257. The fourth-order valence-electron chi connectivity index (χ4n) is 2.84. The summed E-state index contributed by atoms with van der Waals surface area (Å²) in [5.74, 6) is -0.0623. The summed E-state index contributed by atoms with van der Waals surface area (Å²) in [7, 11) is 0. The third-order valence-corrected chi connectivity index (χ3v) is 5.91. The molecule has 9 heteroatoms. The predicted molar refractivity (Wildman–Crippen MR) is 123 cm³/mol. The number of carbonyl (C=O) groups excluding carboxylic acids is 1. The second kappa shape index (κ2) is 8.78. The molecule has 0 aliphatic rings. The summed E-state index contributed by atoms with van der Waals surface area (Å²) in [4.78, 5) is 21.3. The van der Waals surface area contributed by atoms with Crippen molar-refractivity contribution in [2.75, 3.05) is 11.9 Å². The Morgan fingerprint density at radius 3 is 2.67 bits per heavy atom. The van der Waals surface area contributed by atoms with Gasteiger partial charge in [0.25, 0.3) is 5.91 Å². The van der Waals surface area contributed by atoms with Crippen LogP contribution in [0.5, 0.6) is 5.75 Å². The number of aromatic nitrogens is 2. The molecule has 0 aliphatic heterocycles. The van der Waals surface area contributed by atoms with Gasteiger partial charge in [-0.3, -0.25) is 10.1 Å². The number of anilines is 1. The Labute approximate surface area is 191 Å². The van der Waals surface area contributed by atoms with Crippen LogP contribution in [-0.2, 0) is 4.79 Å². The van der Waals surface area contributed by atoms with Crippen molar-refractivity contribution in [3.63, 3.8) is 0 Å². The minimum Gasteiger partial charge on any atom is -0.480 e. The Balaban J connectivity index is 1.49. The molecule has 2 aromatic heterocycles. The van der Waals surface area contributed by atoms with Crippen LogP contribution in [0.25, 0.3) is 22.2 Å². The molecule has 0 radical (unpaired) electrons. The molecular formula is C21H14Cl3N3O2S. The highest BCUT2D eigenvalue weighted by atomic mass is 35.5. The van der Waals surface area contributed by atoms with E-state index in [1.54, 1.807) is 12.1 Å². The maximum Gasteiger partial charge on any atom is 0.264 e. The Morgan fingerprint density at radius 1 is 1.07 bits per heavy atom. The molecule has 0 saturated carbocycles. The Hall–Kier alpha value is -2.38. The molecule has 0 aliphatic carbocycles. The van der Waals surface area contributed by atoms with Gasteiger partial charge < -0.3 is 4.74 Å². The van der Waals surface area contributed by atoms with Crippen molar-refractivity contribution in [1.82, 2.24) is 9.97 Å². The van der Waals surface area contributed by atoms with Crippen molar-refractivity contribution in [2.45, 2.75) is 6.92 Å². The fourth-order valence-corrected chi connectivity index (χ4v) is 4.37. The lowest BCUT2D eigenvalue weighted by atomic mass is 10.2. The van der Waals surface area contributed by atoms with Gasteiger partial charge in [0.15, 0.2) is 17.5 Å². The number of pyridine rings is 1. The number of halogens is 3. The van der Waals surface area contributed by atoms with Crippen LogP contribution < -0.4 is 10.1 Å². The van der Waals surface area contributed by atoms with Gasteiger partial charge in [0.2, 0.25) is 0 Å². The summed E-state index contributed by atoms with van der Waals surface area (Å²) in [5.41, 5.74) is 2.78. The number of hydrogen-bond acceptors (Lipinski definition) is 5. The molecule has 2 aromatic carbocycles. The van der Waals surface area contributed by atoms with Crippen LogP contribution in [-0.4, -0.2) is 22.5 Å². The normalized spacial score (nSPS) is 10.9. The molecule has 2 heterocycles. The average molecular weight is 479 g/mol. The summed E-state index contributed by atoms with van der Waals surface area (Å²) < 4.78 is 5.70. The average Bonchev–Trinajstić information content (AvgIpc) is 3.16. The van der Waals surface area contributed by atoms with Crippen LogP contribution in [0.2, 0.25) is 15.1 Å². The van der Waals surface area contributed by atoms with E-state index in [9.17, 15) is 4.79 Å². The lowest BCUT2D eigenvalue weighted by molar-refractivity contribution is -0.118. The highest BCUT2D eigenvalue weighted by Gasteiger charge is 2.16. The van der Waals surface area contributed by atoms with E-state index in [-0.39, 0.29) is 17.5 Å². The molecule has 1 N–H and O–H groups in total. The Kier molecular flexibility index (Phi) is 6.11. The number of ether oxygens (including phenoxy) is 1. The highest BCUT2D eigenvalue weighted by Crippen LogP contribution is 2.37. The van der Waals surface area contributed by atoms with E-state index in [1.807, 2.05) is 42.6 Å². The standard InChI is InChI=1S/C21H14Cl3N3O2S/c1-11-6-7-13-15(23)8-16(24)20(19(13)25-11)29-9-18(28)27-21-26-17(10-30-21)12-4-2-3-5-14(12)22/h2-8,10H,9H2,1H3,(H,26,27,28). The largest absolute Gasteiger partial charge is 0.480 e. The molecule has 4 aromatic rings. The van der Waals surface area contributed by atoms with Crippen molar-refractivity contribution in [3.05, 3.63) is 68.6 Å². The van der Waals surface area contributed by atoms with Crippen LogP contribution in [0.3, 0.4) is 0 Å². The van der Waals surface area contributed by atoms with Gasteiger partial charge in [-0.2, -0.15) is 0 Å². The van der Waals surface area contributed by atoms with Crippen LogP contribution in [0.15, 0.2) is 47.8 Å². The molecule has 152 valence electrons. The van der Waals surface area contributed by atoms with E-state index >= 15 is 0 Å². The summed E-state index contributed by atoms with van der Waals surface area (Å²) in [6.45, 7) is 1.59. The quantitative estimate of drug-likeness (QED) is 0.349. The first kappa shape index (κ1) is 20.9. The van der Waals surface area contributed by atoms with Crippen molar-refractivity contribution in [1.29, 1.82) is 0 Å². The van der Waals surface area contributed by atoms with Gasteiger partial charge in [-0.25, -0.2) is 9.97 Å². The zero-order chi connectivity index (χ0) is 21.3. The number of amides is 1. The van der Waals surface area contributed by atoms with Gasteiger partial charge in [0.1, 0.15) is 5.52 Å². The molecule has 30 heavy (non-hydrogen) atoms. The van der Waals surface area contributed by atoms with E-state index in [0.29, 0.717) is 37.5 Å². The first-order chi connectivity index (χ1) is 14.4. The summed E-state index contributed by atoms with van der Waals surface area (Å²) in [6, 6.07) is 12.6. The lowest BCUT2D eigenvalue weighted by Gasteiger charge is -2.12. The van der Waals surface area contributed by atoms with Crippen LogP contribution >= 0.6 is 46.1 Å². The minimum atomic E-state index is -0.373. The number of carbonyl (C=O) groups is 1. The number of rotatable bonds is 5. The number of thiazole rings is 1. The van der Waals surface area contributed by atoms with Crippen molar-refractivity contribution in [3.8, 4) is 17.0 Å². The van der Waals surface area contributed by atoms with Crippen molar-refractivity contribution < 1.29 is 9.53 Å². The van der Waals surface area contributed by atoms with E-state index in [2.05, 4.69) is 15.3 Å². The zero-order valence-corrected chi connectivity index (χ0v) is 18.7. The molecule has 4 rings (SSSR count). The Bertz CT molecular complexity index is 1260. The van der Waals surface area contributed by atoms with Gasteiger partial charge in [0.05, 0.1) is 15.7 Å². The maximum absolute atomic E-state index is 12.4. The smallest absolute Gasteiger partial charge is 0.264 e. The molecule has 0 fully saturated rings. The molecule has 1 amide bonds. The summed E-state index contributed by atoms with van der Waals surface area (Å²) in [6.07, 6.45) is 0. The van der Waals surface area contributed by atoms with Crippen LogP contribution in [0.4, 0.5) is 5.13 Å². The van der Waals surface area contributed by atoms with Crippen LogP contribution in [0, 0.1) is 6.92 Å². The third-order valence-electron chi connectivity index (χ3n) is 4.23. The molecular weight excluding hydrogens is 465 g/mol. The first-order valence-electron chi connectivity index (χ1n) is 8.81. The van der Waals surface area contributed by atoms with Crippen molar-refractivity contribution in [2.24, 2.45) is 0 Å². The molecule has 0 bridgehead atoms. The zero-order valence-electron chi connectivity index (χ0n) is 15.6. The molecule has 0 spiro atoms. The van der Waals surface area contributed by atoms with Gasteiger partial charge in [-0.15, -0.1) is 11.3 Å². The van der Waals surface area contributed by atoms with E-state index in [4.69, 9.17) is 39.5 Å². The van der Waals surface area contributed by atoms with E-state index in [0.717, 1.165) is 11.3 Å². The number of hydrogen-bond donors (Lipinski definition) is 1. The maximum atomic E-state index is 12.4. The molecule has 5 nitrogen and oxygen atoms in total. The molecule has 0 saturated heterocycles. The van der Waals surface area contributed by atoms with Gasteiger partial charge in [0, 0.05) is 27.0 Å². The number of nitrogens with one attached hydrogen (secondary N) is 1. The van der Waals surface area contributed by atoms with Gasteiger partial charge in [-0.05, 0) is 31.2 Å². The van der Waals surface area contributed by atoms with Crippen LogP contribution in [0.1, 0.15) is 5.69 Å². The van der Waals surface area contributed by atoms with Gasteiger partial charge >= 0.3 is 0 Å². The summed E-state index contributed by atoms with van der Waals surface area (Å²) >= 11 is 20.0. The second-order valence-electron chi connectivity index (χ2n) is 6.37. The third kappa shape index (κ3) is 4.37. The van der Waals surface area contributed by atoms with Crippen molar-refractivity contribution >= 4 is 68.1 Å². The molecule has 0 atom stereocenters. The Morgan fingerprint density at radius 2 is 1.87 bits per heavy atom. The number of benzene rings is 2. The van der Waals surface area contributed by atoms with E-state index < -0.39 is 0 Å². The highest BCUT2D eigenvalue weighted by molar-refractivity contribution is 7.14. The second-order valence-corrected chi connectivity index (χ2v) is 8.45. The number of fused-ring (bicyclic) bond motifs is 1. The first-order valence-corrected chi connectivity index (χ1v) is 10.8. The topological polar surface area (TPSA) is 64.1 Å².